The van der Waals surface area contributed by atoms with E-state index in [1.165, 1.54) is 18.4 Å². The summed E-state index contributed by atoms with van der Waals surface area (Å²) in [6.45, 7) is 0.729. The number of hydrogen-bond acceptors (Lipinski definition) is 6. The second-order valence-corrected chi connectivity index (χ2v) is 7.73. The topological polar surface area (TPSA) is 71.4 Å². The first-order valence-corrected chi connectivity index (χ1v) is 10.2. The van der Waals surface area contributed by atoms with E-state index >= 15 is 0 Å². The first-order valence-electron chi connectivity index (χ1n) is 10.2. The zero-order chi connectivity index (χ0) is 19.8. The maximum Gasteiger partial charge on any atom is 0.180 e. The standard InChI is InChI=1S/C23H24N4O2/c1-29-21-13-15(8-11-20(21)28)14-27(16-9-10-16)23-17-5-4-7-18(17)25-22(26-23)19-6-2-3-12-24-19/h2-3,6,8,11-13,16,28H,4-5,7,9-10,14H2,1H3. The van der Waals surface area contributed by atoms with E-state index in [4.69, 9.17) is 14.7 Å². The molecule has 29 heavy (non-hydrogen) atoms. The van der Waals surface area contributed by atoms with Crippen molar-refractivity contribution < 1.29 is 9.84 Å². The first kappa shape index (κ1) is 17.9. The number of hydrogen-bond donors (Lipinski definition) is 1. The van der Waals surface area contributed by atoms with E-state index in [-0.39, 0.29) is 5.75 Å². The lowest BCUT2D eigenvalue weighted by Gasteiger charge is -2.26. The average molecular weight is 388 g/mol. The van der Waals surface area contributed by atoms with E-state index in [2.05, 4.69) is 9.88 Å². The van der Waals surface area contributed by atoms with Gasteiger partial charge in [-0.1, -0.05) is 12.1 Å². The summed E-state index contributed by atoms with van der Waals surface area (Å²) in [6.07, 6.45) is 7.27. The molecule has 1 saturated carbocycles. The van der Waals surface area contributed by atoms with Crippen LogP contribution in [0.5, 0.6) is 11.5 Å². The van der Waals surface area contributed by atoms with E-state index in [9.17, 15) is 5.11 Å². The van der Waals surface area contributed by atoms with E-state index in [1.54, 1.807) is 19.4 Å². The molecule has 0 aliphatic heterocycles. The quantitative estimate of drug-likeness (QED) is 0.690. The van der Waals surface area contributed by atoms with Gasteiger partial charge in [0.2, 0.25) is 0 Å². The molecule has 2 heterocycles. The Morgan fingerprint density at radius 2 is 2.03 bits per heavy atom. The van der Waals surface area contributed by atoms with E-state index in [0.717, 1.165) is 48.6 Å². The highest BCUT2D eigenvalue weighted by Crippen LogP contribution is 2.38. The fourth-order valence-electron chi connectivity index (χ4n) is 4.04. The van der Waals surface area contributed by atoms with Crippen LogP contribution in [0.15, 0.2) is 42.6 Å². The number of phenolic OH excluding ortho intramolecular Hbond substituents is 1. The first-order chi connectivity index (χ1) is 14.2. The van der Waals surface area contributed by atoms with Crippen LogP contribution in [0.2, 0.25) is 0 Å². The maximum atomic E-state index is 9.93. The molecule has 2 aromatic heterocycles. The molecule has 5 rings (SSSR count). The summed E-state index contributed by atoms with van der Waals surface area (Å²) in [6, 6.07) is 11.9. The molecule has 3 aromatic rings. The number of benzene rings is 1. The molecule has 148 valence electrons. The van der Waals surface area contributed by atoms with Gasteiger partial charge in [0.15, 0.2) is 17.3 Å². The van der Waals surface area contributed by atoms with Crippen LogP contribution in [-0.2, 0) is 19.4 Å². The minimum Gasteiger partial charge on any atom is -0.504 e. The van der Waals surface area contributed by atoms with Gasteiger partial charge in [0.05, 0.1) is 7.11 Å². The van der Waals surface area contributed by atoms with Crippen LogP contribution in [-0.4, -0.2) is 33.2 Å². The Kier molecular flexibility index (Phi) is 4.54. The van der Waals surface area contributed by atoms with Gasteiger partial charge < -0.3 is 14.7 Å². The minimum atomic E-state index is 0.162. The summed E-state index contributed by atoms with van der Waals surface area (Å²) >= 11 is 0. The number of anilines is 1. The van der Waals surface area contributed by atoms with Crippen LogP contribution >= 0.6 is 0 Å². The lowest BCUT2D eigenvalue weighted by Crippen LogP contribution is -2.27. The highest BCUT2D eigenvalue weighted by atomic mass is 16.5. The number of ether oxygens (including phenoxy) is 1. The van der Waals surface area contributed by atoms with Gasteiger partial charge in [0, 0.05) is 30.0 Å². The maximum absolute atomic E-state index is 9.93. The Balaban J connectivity index is 1.56. The van der Waals surface area contributed by atoms with Crippen LogP contribution in [0.4, 0.5) is 5.82 Å². The third kappa shape index (κ3) is 3.50. The summed E-state index contributed by atoms with van der Waals surface area (Å²) in [4.78, 5) is 16.7. The summed E-state index contributed by atoms with van der Waals surface area (Å²) in [7, 11) is 1.58. The molecule has 0 saturated heterocycles. The largest absolute Gasteiger partial charge is 0.504 e. The second-order valence-electron chi connectivity index (χ2n) is 7.73. The molecule has 1 N–H and O–H groups in total. The van der Waals surface area contributed by atoms with Crippen molar-refractivity contribution in [3.05, 3.63) is 59.4 Å². The number of aromatic nitrogens is 3. The molecule has 0 radical (unpaired) electrons. The van der Waals surface area contributed by atoms with Gasteiger partial charge in [-0.05, 0) is 61.9 Å². The van der Waals surface area contributed by atoms with Crippen molar-refractivity contribution in [2.75, 3.05) is 12.0 Å². The highest BCUT2D eigenvalue weighted by Gasteiger charge is 2.34. The van der Waals surface area contributed by atoms with Gasteiger partial charge in [-0.15, -0.1) is 0 Å². The smallest absolute Gasteiger partial charge is 0.180 e. The fourth-order valence-corrected chi connectivity index (χ4v) is 4.04. The van der Waals surface area contributed by atoms with Gasteiger partial charge in [0.1, 0.15) is 11.5 Å². The van der Waals surface area contributed by atoms with Gasteiger partial charge in [-0.3, -0.25) is 4.98 Å². The minimum absolute atomic E-state index is 0.162. The molecule has 0 unspecified atom stereocenters. The number of rotatable bonds is 6. The van der Waals surface area contributed by atoms with Gasteiger partial charge >= 0.3 is 0 Å². The van der Waals surface area contributed by atoms with Crippen LogP contribution in [0, 0.1) is 0 Å². The van der Waals surface area contributed by atoms with Crippen LogP contribution < -0.4 is 9.64 Å². The Morgan fingerprint density at radius 3 is 2.79 bits per heavy atom. The molecule has 6 heteroatoms. The summed E-state index contributed by atoms with van der Waals surface area (Å²) in [5.74, 6) is 2.41. The average Bonchev–Trinajstić information content (AvgIpc) is 3.49. The van der Waals surface area contributed by atoms with Crippen molar-refractivity contribution in [2.24, 2.45) is 0 Å². The third-order valence-corrected chi connectivity index (χ3v) is 5.66. The molecule has 1 fully saturated rings. The van der Waals surface area contributed by atoms with E-state index in [0.29, 0.717) is 17.6 Å². The van der Waals surface area contributed by atoms with Crippen LogP contribution in [0.25, 0.3) is 11.5 Å². The molecule has 2 aliphatic carbocycles. The molecule has 0 atom stereocenters. The molecular formula is C23H24N4O2. The number of aromatic hydroxyl groups is 1. The number of methoxy groups -OCH3 is 1. The summed E-state index contributed by atoms with van der Waals surface area (Å²) < 4.78 is 5.30. The predicted molar refractivity (Wildman–Crippen MR) is 111 cm³/mol. The third-order valence-electron chi connectivity index (χ3n) is 5.66. The monoisotopic (exact) mass is 388 g/mol. The van der Waals surface area contributed by atoms with Gasteiger partial charge in [-0.25, -0.2) is 9.97 Å². The van der Waals surface area contributed by atoms with Crippen molar-refractivity contribution in [2.45, 2.75) is 44.7 Å². The zero-order valence-electron chi connectivity index (χ0n) is 16.5. The lowest BCUT2D eigenvalue weighted by atomic mass is 10.1. The molecular weight excluding hydrogens is 364 g/mol. The Hall–Kier alpha value is -3.15. The van der Waals surface area contributed by atoms with Crippen LogP contribution in [0.3, 0.4) is 0 Å². The number of pyridine rings is 1. The molecule has 6 nitrogen and oxygen atoms in total. The molecule has 1 aromatic carbocycles. The number of nitrogens with zero attached hydrogens (tertiary/aromatic N) is 4. The molecule has 0 bridgehead atoms. The Morgan fingerprint density at radius 1 is 1.14 bits per heavy atom. The SMILES string of the molecule is COc1cc(CN(c2nc(-c3ccccn3)nc3c2CCC3)C2CC2)ccc1O. The van der Waals surface area contributed by atoms with Crippen molar-refractivity contribution in [3.8, 4) is 23.0 Å². The fraction of sp³-hybridized carbons (Fsp3) is 0.348. The summed E-state index contributed by atoms with van der Waals surface area (Å²) in [5, 5.41) is 9.93. The normalized spacial score (nSPS) is 15.2. The molecule has 0 spiro atoms. The van der Waals surface area contributed by atoms with E-state index in [1.807, 2.05) is 30.3 Å². The molecule has 2 aliphatic rings. The van der Waals surface area contributed by atoms with Crippen molar-refractivity contribution in [1.29, 1.82) is 0 Å². The lowest BCUT2D eigenvalue weighted by molar-refractivity contribution is 0.373. The Bertz CT molecular complexity index is 1030. The van der Waals surface area contributed by atoms with Crippen LogP contribution in [0.1, 0.15) is 36.1 Å². The van der Waals surface area contributed by atoms with E-state index < -0.39 is 0 Å². The Labute approximate surface area is 170 Å². The van der Waals surface area contributed by atoms with Gasteiger partial charge in [-0.2, -0.15) is 0 Å². The predicted octanol–water partition coefficient (Wildman–Crippen LogP) is 3.91. The van der Waals surface area contributed by atoms with Gasteiger partial charge in [0.25, 0.3) is 0 Å². The van der Waals surface area contributed by atoms with Crippen molar-refractivity contribution in [1.82, 2.24) is 15.0 Å². The molecule has 0 amide bonds. The summed E-state index contributed by atoms with van der Waals surface area (Å²) in [5.41, 5.74) is 4.34. The number of aryl methyl sites for hydroxylation is 1. The highest BCUT2D eigenvalue weighted by molar-refractivity contribution is 5.60. The number of fused-ring (bicyclic) bond motifs is 1. The second kappa shape index (κ2) is 7.35. The van der Waals surface area contributed by atoms with Crippen molar-refractivity contribution in [3.63, 3.8) is 0 Å². The van der Waals surface area contributed by atoms with Crippen molar-refractivity contribution >= 4 is 5.82 Å². The number of phenols is 1. The zero-order valence-corrected chi connectivity index (χ0v) is 16.5.